The van der Waals surface area contributed by atoms with Crippen molar-refractivity contribution in [1.82, 2.24) is 9.78 Å². The van der Waals surface area contributed by atoms with Gasteiger partial charge in [0.15, 0.2) is 0 Å². The van der Waals surface area contributed by atoms with Gasteiger partial charge in [-0.1, -0.05) is 13.0 Å². The Morgan fingerprint density at radius 1 is 1.22 bits per heavy atom. The number of rotatable bonds is 13. The lowest BCUT2D eigenvalue weighted by atomic mass is 10.1. The highest BCUT2D eigenvalue weighted by Crippen LogP contribution is 2.42. The number of aryl methyl sites for hydroxylation is 2. The predicted molar refractivity (Wildman–Crippen MR) is 133 cm³/mol. The number of alkyl halides is 3. The second kappa shape index (κ2) is 12.5. The fraction of sp³-hybridized carbons (Fsp3) is 0.542. The fourth-order valence-electron chi connectivity index (χ4n) is 3.76. The van der Waals surface area contributed by atoms with Gasteiger partial charge in [-0.2, -0.15) is 16.9 Å². The highest BCUT2D eigenvalue weighted by atomic mass is 32.2. The standard InChI is InChI=1S/C24H31F3N4O4S/c1-4-17-21(23(33)28-18-10-9-16(15-7-8-15)13-19(18)34-5-2)22(29-20(32)14-36-3)31(30-17)11-6-12-35-24(25,26)27/h9-10,13,15H,4-8,11-12,14H2,1-3H3,(H,28,33)(H,29,32). The Hall–Kier alpha value is -2.73. The molecule has 1 saturated carbocycles. The summed E-state index contributed by atoms with van der Waals surface area (Å²) in [4.78, 5) is 25.9. The van der Waals surface area contributed by atoms with Crippen molar-refractivity contribution in [2.45, 2.75) is 58.4 Å². The number of nitrogens with one attached hydrogen (secondary N) is 2. The number of anilines is 2. The molecule has 8 nitrogen and oxygen atoms in total. The number of carbonyl (C=O) groups is 2. The normalized spacial score (nSPS) is 13.5. The number of halogens is 3. The number of amides is 2. The van der Waals surface area contributed by atoms with E-state index in [-0.39, 0.29) is 36.0 Å². The first-order chi connectivity index (χ1) is 17.2. The van der Waals surface area contributed by atoms with E-state index in [9.17, 15) is 22.8 Å². The van der Waals surface area contributed by atoms with Crippen molar-refractivity contribution < 1.29 is 32.2 Å². The Morgan fingerprint density at radius 2 is 1.97 bits per heavy atom. The topological polar surface area (TPSA) is 94.5 Å². The van der Waals surface area contributed by atoms with Gasteiger partial charge in [0.1, 0.15) is 17.1 Å². The van der Waals surface area contributed by atoms with Crippen LogP contribution in [-0.2, 0) is 22.5 Å². The van der Waals surface area contributed by atoms with Crippen molar-refractivity contribution in [2.24, 2.45) is 0 Å². The third kappa shape index (κ3) is 7.63. The van der Waals surface area contributed by atoms with Crippen molar-refractivity contribution in [3.05, 3.63) is 35.0 Å². The van der Waals surface area contributed by atoms with Gasteiger partial charge in [0.05, 0.1) is 30.3 Å². The molecule has 0 aliphatic heterocycles. The van der Waals surface area contributed by atoms with Gasteiger partial charge in [0, 0.05) is 6.54 Å². The van der Waals surface area contributed by atoms with Gasteiger partial charge in [-0.25, -0.2) is 4.68 Å². The molecule has 36 heavy (non-hydrogen) atoms. The van der Waals surface area contributed by atoms with Crippen LogP contribution in [0.15, 0.2) is 18.2 Å². The van der Waals surface area contributed by atoms with Crippen molar-refractivity contribution in [1.29, 1.82) is 0 Å². The van der Waals surface area contributed by atoms with Crippen LogP contribution in [0.5, 0.6) is 5.75 Å². The average Bonchev–Trinajstić information content (AvgIpc) is 3.60. The zero-order chi connectivity index (χ0) is 26.3. The van der Waals surface area contributed by atoms with Crippen molar-refractivity contribution in [3.8, 4) is 5.75 Å². The van der Waals surface area contributed by atoms with Crippen LogP contribution in [0.25, 0.3) is 0 Å². The number of thioether (sulfide) groups is 1. The second-order valence-electron chi connectivity index (χ2n) is 8.29. The Kier molecular flexibility index (Phi) is 9.66. The lowest BCUT2D eigenvalue weighted by Gasteiger charge is -2.15. The highest BCUT2D eigenvalue weighted by molar-refractivity contribution is 7.99. The lowest BCUT2D eigenvalue weighted by Crippen LogP contribution is -2.22. The van der Waals surface area contributed by atoms with Gasteiger partial charge in [-0.05, 0) is 62.5 Å². The maximum absolute atomic E-state index is 13.5. The average molecular weight is 529 g/mol. The highest BCUT2D eigenvalue weighted by Gasteiger charge is 2.29. The molecular formula is C24H31F3N4O4S. The monoisotopic (exact) mass is 528 g/mol. The zero-order valence-electron chi connectivity index (χ0n) is 20.5. The molecule has 2 N–H and O–H groups in total. The number of benzene rings is 1. The zero-order valence-corrected chi connectivity index (χ0v) is 21.4. The molecule has 0 bridgehead atoms. The Labute approximate surface area is 212 Å². The molecule has 1 aromatic carbocycles. The van der Waals surface area contributed by atoms with Crippen LogP contribution < -0.4 is 15.4 Å². The van der Waals surface area contributed by atoms with Crippen LogP contribution >= 0.6 is 11.8 Å². The van der Waals surface area contributed by atoms with Gasteiger partial charge in [-0.3, -0.25) is 14.3 Å². The Balaban J connectivity index is 1.88. The fourth-order valence-corrected chi connectivity index (χ4v) is 4.09. The predicted octanol–water partition coefficient (Wildman–Crippen LogP) is 5.20. The van der Waals surface area contributed by atoms with E-state index in [4.69, 9.17) is 4.74 Å². The molecular weight excluding hydrogens is 497 g/mol. The third-order valence-corrected chi connectivity index (χ3v) is 6.05. The largest absolute Gasteiger partial charge is 0.522 e. The molecule has 12 heteroatoms. The molecule has 0 saturated heterocycles. The molecule has 2 amide bonds. The van der Waals surface area contributed by atoms with Crippen LogP contribution in [0.4, 0.5) is 24.7 Å². The Bertz CT molecular complexity index is 1070. The summed E-state index contributed by atoms with van der Waals surface area (Å²) in [6.45, 7) is 3.53. The van der Waals surface area contributed by atoms with Crippen molar-refractivity contribution in [2.75, 3.05) is 35.9 Å². The van der Waals surface area contributed by atoms with Gasteiger partial charge in [-0.15, -0.1) is 13.2 Å². The van der Waals surface area contributed by atoms with Gasteiger partial charge < -0.3 is 15.4 Å². The summed E-state index contributed by atoms with van der Waals surface area (Å²) in [7, 11) is 0. The van der Waals surface area contributed by atoms with Gasteiger partial charge in [0.2, 0.25) is 5.91 Å². The van der Waals surface area contributed by atoms with E-state index >= 15 is 0 Å². The molecule has 0 unspecified atom stereocenters. The van der Waals surface area contributed by atoms with E-state index in [1.165, 1.54) is 16.4 Å². The molecule has 0 spiro atoms. The SMILES string of the molecule is CCOc1cc(C2CC2)ccc1NC(=O)c1c(CC)nn(CCCOC(F)(F)F)c1NC(=O)CSC. The van der Waals surface area contributed by atoms with E-state index < -0.39 is 18.9 Å². The van der Waals surface area contributed by atoms with E-state index in [1.807, 2.05) is 19.1 Å². The summed E-state index contributed by atoms with van der Waals surface area (Å²) < 4.78 is 48.0. The number of nitrogens with zero attached hydrogens (tertiary/aromatic N) is 2. The molecule has 0 radical (unpaired) electrons. The summed E-state index contributed by atoms with van der Waals surface area (Å²) in [6.07, 6.45) is -0.358. The molecule has 1 aliphatic carbocycles. The lowest BCUT2D eigenvalue weighted by molar-refractivity contribution is -0.324. The van der Waals surface area contributed by atoms with Crippen molar-refractivity contribution >= 4 is 35.1 Å². The first-order valence-corrected chi connectivity index (χ1v) is 13.2. The summed E-state index contributed by atoms with van der Waals surface area (Å²) in [5, 5.41) is 10.00. The molecule has 198 valence electrons. The minimum absolute atomic E-state index is 0.0194. The van der Waals surface area contributed by atoms with E-state index in [1.54, 1.807) is 19.2 Å². The van der Waals surface area contributed by atoms with Crippen LogP contribution in [0, 0.1) is 0 Å². The minimum Gasteiger partial charge on any atom is -0.492 e. The number of carbonyl (C=O) groups excluding carboxylic acids is 2. The number of ether oxygens (including phenoxy) is 2. The molecule has 2 aromatic rings. The summed E-state index contributed by atoms with van der Waals surface area (Å²) in [6, 6.07) is 5.69. The first kappa shape index (κ1) is 27.9. The minimum atomic E-state index is -4.73. The smallest absolute Gasteiger partial charge is 0.492 e. The summed E-state index contributed by atoms with van der Waals surface area (Å²) >= 11 is 1.30. The Morgan fingerprint density at radius 3 is 2.58 bits per heavy atom. The number of hydrogen-bond donors (Lipinski definition) is 2. The maximum atomic E-state index is 13.5. The van der Waals surface area contributed by atoms with Crippen molar-refractivity contribution in [3.63, 3.8) is 0 Å². The van der Waals surface area contributed by atoms with E-state index in [2.05, 4.69) is 20.5 Å². The van der Waals surface area contributed by atoms with Gasteiger partial charge in [0.25, 0.3) is 5.91 Å². The number of aromatic nitrogens is 2. The van der Waals surface area contributed by atoms with Gasteiger partial charge >= 0.3 is 6.36 Å². The first-order valence-electron chi connectivity index (χ1n) is 11.8. The molecule has 3 rings (SSSR count). The molecule has 1 fully saturated rings. The summed E-state index contributed by atoms with van der Waals surface area (Å²) in [5.74, 6) is 0.501. The molecule has 1 heterocycles. The van der Waals surface area contributed by atoms with Crippen LogP contribution in [0.1, 0.15) is 60.6 Å². The second-order valence-corrected chi connectivity index (χ2v) is 9.16. The molecule has 1 aromatic heterocycles. The van der Waals surface area contributed by atoms with E-state index in [0.717, 1.165) is 18.4 Å². The number of hydrogen-bond acceptors (Lipinski definition) is 6. The van der Waals surface area contributed by atoms with Crippen LogP contribution in [-0.4, -0.2) is 53.2 Å². The van der Waals surface area contributed by atoms with Crippen LogP contribution in [0.2, 0.25) is 0 Å². The molecule has 0 atom stereocenters. The third-order valence-electron chi connectivity index (χ3n) is 5.50. The molecule has 1 aliphatic rings. The van der Waals surface area contributed by atoms with E-state index in [0.29, 0.717) is 36.1 Å². The maximum Gasteiger partial charge on any atom is 0.522 e. The quantitative estimate of drug-likeness (QED) is 0.347. The van der Waals surface area contributed by atoms with Crippen LogP contribution in [0.3, 0.4) is 0 Å². The summed E-state index contributed by atoms with van der Waals surface area (Å²) in [5.41, 5.74) is 2.22.